The molecule has 0 bridgehead atoms. The number of amides is 1. The molecule has 0 spiro atoms. The van der Waals surface area contributed by atoms with E-state index >= 15 is 0 Å². The smallest absolute Gasteiger partial charge is 0.411 e. The lowest BCUT2D eigenvalue weighted by Gasteiger charge is -2.19. The number of nitrogens with one attached hydrogen (secondary N) is 1. The minimum Gasteiger partial charge on any atom is -0.453 e. The van der Waals surface area contributed by atoms with Crippen LogP contribution < -0.4 is 10.9 Å². The van der Waals surface area contributed by atoms with Gasteiger partial charge >= 0.3 is 6.09 Å². The fourth-order valence-electron chi connectivity index (χ4n) is 2.77. The third kappa shape index (κ3) is 5.87. The van der Waals surface area contributed by atoms with Crippen molar-refractivity contribution >= 4 is 29.2 Å². The number of aryl methyl sites for hydroxylation is 1. The van der Waals surface area contributed by atoms with E-state index in [0.717, 1.165) is 0 Å². The van der Waals surface area contributed by atoms with Crippen LogP contribution in [-0.2, 0) is 16.1 Å². The summed E-state index contributed by atoms with van der Waals surface area (Å²) in [6, 6.07) is 6.00. The van der Waals surface area contributed by atoms with E-state index in [2.05, 4.69) is 15.0 Å². The summed E-state index contributed by atoms with van der Waals surface area (Å²) in [7, 11) is 1.23. The van der Waals surface area contributed by atoms with E-state index in [1.165, 1.54) is 23.8 Å². The summed E-state index contributed by atoms with van der Waals surface area (Å²) in [5.74, 6) is 0.0600. The molecule has 0 saturated carbocycles. The molecule has 156 valence electrons. The molecule has 1 heterocycles. The van der Waals surface area contributed by atoms with E-state index < -0.39 is 23.7 Å². The molecule has 2 aromatic rings. The summed E-state index contributed by atoms with van der Waals surface area (Å²) < 4.78 is 18.8. The molecule has 0 atom stereocenters. The minimum absolute atomic E-state index is 0.0154. The van der Waals surface area contributed by atoms with Crippen LogP contribution in [-0.4, -0.2) is 35.2 Å². The normalized spacial score (nSPS) is 11.2. The second-order valence-corrected chi connectivity index (χ2v) is 7.87. The standard InChI is InChI=1S/C20H23ClFN3O4/c1-12-23-17(15-6-5-13(21)7-16(15)24-19(28)29-4)8-18(27)25(12)10-14(26)9-20(2,3)11-22/h5-8H,9-11H2,1-4H3,(H,24,28). The molecule has 1 aromatic heterocycles. The maximum Gasteiger partial charge on any atom is 0.411 e. The van der Waals surface area contributed by atoms with Gasteiger partial charge in [0.05, 0.1) is 31.7 Å². The van der Waals surface area contributed by atoms with Crippen LogP contribution in [0.4, 0.5) is 14.9 Å². The number of aromatic nitrogens is 2. The van der Waals surface area contributed by atoms with Gasteiger partial charge in [-0.05, 0) is 25.1 Å². The number of ketones is 1. The number of benzene rings is 1. The minimum atomic E-state index is -0.778. The van der Waals surface area contributed by atoms with Gasteiger partial charge in [0, 0.05) is 28.5 Å². The summed E-state index contributed by atoms with van der Waals surface area (Å²) in [5.41, 5.74) is -0.104. The third-order valence-electron chi connectivity index (χ3n) is 4.25. The summed E-state index contributed by atoms with van der Waals surface area (Å²) >= 11 is 6.00. The molecule has 2 rings (SSSR count). The molecule has 0 saturated heterocycles. The second-order valence-electron chi connectivity index (χ2n) is 7.43. The first kappa shape index (κ1) is 22.5. The molecule has 0 aliphatic carbocycles. The molecular formula is C20H23ClFN3O4. The van der Waals surface area contributed by atoms with Crippen molar-refractivity contribution in [1.29, 1.82) is 0 Å². The summed E-state index contributed by atoms with van der Waals surface area (Å²) in [6.45, 7) is 4.09. The van der Waals surface area contributed by atoms with Gasteiger partial charge in [-0.25, -0.2) is 9.78 Å². The Hall–Kier alpha value is -2.74. The molecule has 1 N–H and O–H groups in total. The average Bonchev–Trinajstić information content (AvgIpc) is 2.64. The van der Waals surface area contributed by atoms with Crippen molar-refractivity contribution in [3.05, 3.63) is 45.5 Å². The lowest BCUT2D eigenvalue weighted by Crippen LogP contribution is -2.29. The van der Waals surface area contributed by atoms with Gasteiger partial charge < -0.3 is 4.74 Å². The quantitative estimate of drug-likeness (QED) is 0.726. The summed E-state index contributed by atoms with van der Waals surface area (Å²) in [6.07, 6.45) is -0.679. The Kier molecular flexibility index (Phi) is 7.13. The number of nitrogens with zero attached hydrogens (tertiary/aromatic N) is 2. The third-order valence-corrected chi connectivity index (χ3v) is 4.49. The Bertz CT molecular complexity index is 988. The number of rotatable bonds is 7. The van der Waals surface area contributed by atoms with Gasteiger partial charge in [-0.1, -0.05) is 25.4 Å². The maximum absolute atomic E-state index is 13.0. The number of methoxy groups -OCH3 is 1. The Morgan fingerprint density at radius 2 is 2.00 bits per heavy atom. The van der Waals surface area contributed by atoms with Crippen LogP contribution in [0.15, 0.2) is 29.1 Å². The van der Waals surface area contributed by atoms with Crippen molar-refractivity contribution in [1.82, 2.24) is 9.55 Å². The molecule has 29 heavy (non-hydrogen) atoms. The lowest BCUT2D eigenvalue weighted by molar-refractivity contribution is -0.121. The summed E-state index contributed by atoms with van der Waals surface area (Å²) in [4.78, 5) is 40.9. The molecule has 9 heteroatoms. The average molecular weight is 424 g/mol. The first-order valence-electron chi connectivity index (χ1n) is 8.87. The van der Waals surface area contributed by atoms with Gasteiger partial charge in [-0.2, -0.15) is 0 Å². The largest absolute Gasteiger partial charge is 0.453 e. The van der Waals surface area contributed by atoms with E-state index in [4.69, 9.17) is 11.6 Å². The van der Waals surface area contributed by atoms with E-state index in [9.17, 15) is 18.8 Å². The lowest BCUT2D eigenvalue weighted by atomic mass is 9.89. The van der Waals surface area contributed by atoms with Crippen molar-refractivity contribution in [2.45, 2.75) is 33.7 Å². The Labute approximate surface area is 172 Å². The van der Waals surface area contributed by atoms with Crippen molar-refractivity contribution < 1.29 is 18.7 Å². The van der Waals surface area contributed by atoms with Gasteiger partial charge in [0.1, 0.15) is 5.82 Å². The van der Waals surface area contributed by atoms with Crippen molar-refractivity contribution in [2.24, 2.45) is 5.41 Å². The van der Waals surface area contributed by atoms with Crippen molar-refractivity contribution in [3.8, 4) is 11.3 Å². The van der Waals surface area contributed by atoms with Gasteiger partial charge in [0.2, 0.25) is 0 Å². The molecule has 0 aliphatic rings. The SMILES string of the molecule is COC(=O)Nc1cc(Cl)ccc1-c1cc(=O)n(CC(=O)CC(C)(C)CF)c(C)n1. The van der Waals surface area contributed by atoms with Crippen LogP contribution in [0.5, 0.6) is 0 Å². The van der Waals surface area contributed by atoms with Gasteiger partial charge in [0.15, 0.2) is 5.78 Å². The highest BCUT2D eigenvalue weighted by Gasteiger charge is 2.23. The number of anilines is 1. The van der Waals surface area contributed by atoms with E-state index in [-0.39, 0.29) is 18.7 Å². The zero-order chi connectivity index (χ0) is 21.8. The number of carbonyl (C=O) groups is 2. The Morgan fingerprint density at radius 3 is 2.59 bits per heavy atom. The maximum atomic E-state index is 13.0. The van der Waals surface area contributed by atoms with Crippen LogP contribution in [0.2, 0.25) is 5.02 Å². The molecule has 7 nitrogen and oxygen atoms in total. The first-order chi connectivity index (χ1) is 13.6. The zero-order valence-corrected chi connectivity index (χ0v) is 17.5. The van der Waals surface area contributed by atoms with E-state index in [1.54, 1.807) is 32.9 Å². The number of hydrogen-bond acceptors (Lipinski definition) is 5. The van der Waals surface area contributed by atoms with Crippen LogP contribution in [0.3, 0.4) is 0 Å². The van der Waals surface area contributed by atoms with Gasteiger partial charge in [-0.15, -0.1) is 0 Å². The molecule has 1 aromatic carbocycles. The molecular weight excluding hydrogens is 401 g/mol. The van der Waals surface area contributed by atoms with Crippen molar-refractivity contribution in [3.63, 3.8) is 0 Å². The fourth-order valence-corrected chi connectivity index (χ4v) is 2.94. The number of carbonyl (C=O) groups excluding carboxylic acids is 2. The van der Waals surface area contributed by atoms with Crippen LogP contribution in [0.1, 0.15) is 26.1 Å². The van der Waals surface area contributed by atoms with Gasteiger partial charge in [0.25, 0.3) is 5.56 Å². The molecule has 0 fully saturated rings. The zero-order valence-electron chi connectivity index (χ0n) is 16.7. The highest BCUT2D eigenvalue weighted by Crippen LogP contribution is 2.29. The first-order valence-corrected chi connectivity index (χ1v) is 9.25. The number of halogens is 2. The highest BCUT2D eigenvalue weighted by molar-refractivity contribution is 6.31. The molecule has 0 aliphatic heterocycles. The monoisotopic (exact) mass is 423 g/mol. The molecule has 0 radical (unpaired) electrons. The van der Waals surface area contributed by atoms with Gasteiger partial charge in [-0.3, -0.25) is 23.9 Å². The number of hydrogen-bond donors (Lipinski definition) is 1. The Balaban J connectivity index is 2.38. The number of ether oxygens (including phenoxy) is 1. The van der Waals surface area contributed by atoms with Crippen molar-refractivity contribution in [2.75, 3.05) is 19.1 Å². The number of Topliss-reactive ketones (excluding diaryl/α,β-unsaturated/α-hetero) is 1. The second kappa shape index (κ2) is 9.17. The topological polar surface area (TPSA) is 90.3 Å². The summed E-state index contributed by atoms with van der Waals surface area (Å²) in [5, 5.41) is 2.91. The highest BCUT2D eigenvalue weighted by atomic mass is 35.5. The fraction of sp³-hybridized carbons (Fsp3) is 0.400. The van der Waals surface area contributed by atoms with Crippen LogP contribution in [0, 0.1) is 12.3 Å². The predicted octanol–water partition coefficient (Wildman–Crippen LogP) is 4.01. The number of alkyl halides is 1. The van der Waals surface area contributed by atoms with E-state index in [1.807, 2.05) is 0 Å². The van der Waals surface area contributed by atoms with Crippen LogP contribution >= 0.6 is 11.6 Å². The molecule has 0 unspecified atom stereocenters. The van der Waals surface area contributed by atoms with E-state index in [0.29, 0.717) is 27.8 Å². The Morgan fingerprint density at radius 1 is 1.31 bits per heavy atom. The predicted molar refractivity (Wildman–Crippen MR) is 109 cm³/mol. The molecule has 1 amide bonds. The van der Waals surface area contributed by atoms with Crippen LogP contribution in [0.25, 0.3) is 11.3 Å².